The second-order valence-corrected chi connectivity index (χ2v) is 10.7. The molecule has 0 bridgehead atoms. The maximum Gasteiger partial charge on any atom is 0.254 e. The first-order valence-electron chi connectivity index (χ1n) is 12.0. The first-order valence-corrected chi connectivity index (χ1v) is 12.0. The van der Waals surface area contributed by atoms with Gasteiger partial charge in [-0.15, -0.1) is 0 Å². The predicted molar refractivity (Wildman–Crippen MR) is 122 cm³/mol. The zero-order chi connectivity index (χ0) is 23.3. The highest BCUT2D eigenvalue weighted by molar-refractivity contribution is 6.00. The highest BCUT2D eigenvalue weighted by Crippen LogP contribution is 2.40. The van der Waals surface area contributed by atoms with Crippen molar-refractivity contribution in [3.63, 3.8) is 0 Å². The van der Waals surface area contributed by atoms with Crippen molar-refractivity contribution in [3.05, 3.63) is 28.7 Å². The van der Waals surface area contributed by atoms with Gasteiger partial charge >= 0.3 is 0 Å². The Morgan fingerprint density at radius 3 is 2.70 bits per heavy atom. The van der Waals surface area contributed by atoms with E-state index in [2.05, 4.69) is 29.1 Å². The number of fused-ring (bicyclic) bond motifs is 1. The molecule has 2 saturated carbocycles. The van der Waals surface area contributed by atoms with Crippen LogP contribution in [0.25, 0.3) is 5.95 Å². The van der Waals surface area contributed by atoms with Crippen molar-refractivity contribution in [1.82, 2.24) is 19.7 Å². The van der Waals surface area contributed by atoms with Gasteiger partial charge in [0.25, 0.3) is 11.9 Å². The van der Waals surface area contributed by atoms with Crippen molar-refractivity contribution in [2.45, 2.75) is 83.8 Å². The van der Waals surface area contributed by atoms with E-state index in [0.29, 0.717) is 36.9 Å². The van der Waals surface area contributed by atoms with Gasteiger partial charge in [-0.3, -0.25) is 9.59 Å². The van der Waals surface area contributed by atoms with Crippen LogP contribution in [0.3, 0.4) is 0 Å². The number of aliphatic hydroxyl groups is 1. The first-order chi connectivity index (χ1) is 15.7. The minimum absolute atomic E-state index is 0.126. The van der Waals surface area contributed by atoms with E-state index < -0.39 is 12.0 Å². The molecule has 1 amide bonds. The number of aliphatic hydroxyl groups excluding tert-OH is 1. The van der Waals surface area contributed by atoms with Gasteiger partial charge in [-0.2, -0.15) is 10.1 Å². The van der Waals surface area contributed by atoms with E-state index in [1.165, 1.54) is 19.0 Å². The lowest BCUT2D eigenvalue weighted by Gasteiger charge is -2.30. The van der Waals surface area contributed by atoms with Crippen LogP contribution < -0.4 is 11.1 Å². The summed E-state index contributed by atoms with van der Waals surface area (Å²) in [6.45, 7) is 4.17. The van der Waals surface area contributed by atoms with Gasteiger partial charge in [0, 0.05) is 12.6 Å². The minimum Gasteiger partial charge on any atom is -0.391 e. The van der Waals surface area contributed by atoms with Crippen LogP contribution in [0.4, 0.5) is 5.82 Å². The maximum atomic E-state index is 13.1. The summed E-state index contributed by atoms with van der Waals surface area (Å²) < 4.78 is 1.68. The van der Waals surface area contributed by atoms with Gasteiger partial charge in [0.05, 0.1) is 34.7 Å². The summed E-state index contributed by atoms with van der Waals surface area (Å²) in [5.41, 5.74) is 7.96. The number of nitrogens with two attached hydrogens (primary N) is 1. The molecule has 0 saturated heterocycles. The average molecular weight is 453 g/mol. The van der Waals surface area contributed by atoms with Crippen LogP contribution in [0, 0.1) is 11.3 Å². The van der Waals surface area contributed by atoms with Crippen LogP contribution in [0.2, 0.25) is 0 Å². The molecule has 3 aliphatic rings. The SMILES string of the molecule is CC1(C)CC(=O)c2c(CC3CC3)nn(-c3ncc(C(N)=O)c(NC4CCCCC4O)n3)c2C1. The molecule has 2 aromatic heterocycles. The number of rotatable bonds is 6. The molecule has 9 nitrogen and oxygen atoms in total. The Hall–Kier alpha value is -2.81. The van der Waals surface area contributed by atoms with Gasteiger partial charge in [-0.05, 0) is 49.9 Å². The lowest BCUT2D eigenvalue weighted by molar-refractivity contribution is 0.0909. The van der Waals surface area contributed by atoms with Crippen LogP contribution in [0.15, 0.2) is 6.20 Å². The summed E-state index contributed by atoms with van der Waals surface area (Å²) >= 11 is 0. The summed E-state index contributed by atoms with van der Waals surface area (Å²) in [6.07, 6.45) is 8.67. The fourth-order valence-corrected chi connectivity index (χ4v) is 5.15. The van der Waals surface area contributed by atoms with Crippen LogP contribution in [0.5, 0.6) is 0 Å². The van der Waals surface area contributed by atoms with E-state index >= 15 is 0 Å². The number of amides is 1. The lowest BCUT2D eigenvalue weighted by atomic mass is 9.75. The monoisotopic (exact) mass is 452 g/mol. The van der Waals surface area contributed by atoms with Gasteiger partial charge < -0.3 is 16.2 Å². The summed E-state index contributed by atoms with van der Waals surface area (Å²) in [5.74, 6) is 0.677. The average Bonchev–Trinajstić information content (AvgIpc) is 3.48. The molecule has 2 unspecified atom stereocenters. The second kappa shape index (κ2) is 8.20. The highest BCUT2D eigenvalue weighted by atomic mass is 16.3. The lowest BCUT2D eigenvalue weighted by Crippen LogP contribution is -2.37. The van der Waals surface area contributed by atoms with Gasteiger partial charge in [0.15, 0.2) is 5.78 Å². The largest absolute Gasteiger partial charge is 0.391 e. The van der Waals surface area contributed by atoms with E-state index in [4.69, 9.17) is 10.8 Å². The number of carbonyl (C=O) groups excluding carboxylic acids is 2. The highest BCUT2D eigenvalue weighted by Gasteiger charge is 2.38. The Morgan fingerprint density at radius 2 is 2.00 bits per heavy atom. The number of nitrogens with zero attached hydrogens (tertiary/aromatic N) is 4. The molecule has 33 heavy (non-hydrogen) atoms. The molecule has 2 aromatic rings. The van der Waals surface area contributed by atoms with Gasteiger partial charge in [0.1, 0.15) is 5.82 Å². The van der Waals surface area contributed by atoms with Crippen molar-refractivity contribution >= 4 is 17.5 Å². The second-order valence-electron chi connectivity index (χ2n) is 10.7. The third-order valence-corrected chi connectivity index (χ3v) is 7.08. The number of primary amides is 1. The number of ketones is 1. The third-order valence-electron chi connectivity index (χ3n) is 7.08. The van der Waals surface area contributed by atoms with Crippen LogP contribution >= 0.6 is 0 Å². The molecule has 9 heteroatoms. The topological polar surface area (TPSA) is 136 Å². The van der Waals surface area contributed by atoms with Crippen molar-refractivity contribution in [2.24, 2.45) is 17.1 Å². The molecular formula is C24H32N6O3. The normalized spacial score (nSPS) is 24.4. The number of nitrogens with one attached hydrogen (secondary N) is 1. The van der Waals surface area contributed by atoms with E-state index in [-0.39, 0.29) is 22.8 Å². The van der Waals surface area contributed by atoms with E-state index in [1.807, 2.05) is 0 Å². The van der Waals surface area contributed by atoms with Crippen molar-refractivity contribution in [1.29, 1.82) is 0 Å². The number of hydrogen-bond donors (Lipinski definition) is 3. The Balaban J connectivity index is 1.57. The summed E-state index contributed by atoms with van der Waals surface area (Å²) in [7, 11) is 0. The van der Waals surface area contributed by atoms with Crippen molar-refractivity contribution in [3.8, 4) is 5.95 Å². The molecule has 2 fully saturated rings. The van der Waals surface area contributed by atoms with Crippen molar-refractivity contribution < 1.29 is 14.7 Å². The number of hydrogen-bond acceptors (Lipinski definition) is 7. The van der Waals surface area contributed by atoms with E-state index in [9.17, 15) is 14.7 Å². The molecule has 2 heterocycles. The van der Waals surface area contributed by atoms with Gasteiger partial charge in [0.2, 0.25) is 0 Å². The zero-order valence-corrected chi connectivity index (χ0v) is 19.3. The molecule has 0 spiro atoms. The fourth-order valence-electron chi connectivity index (χ4n) is 5.15. The standard InChI is InChI=1S/C24H32N6O3/c1-24(2)10-17-20(19(32)11-24)16(9-13-7-8-13)29-30(17)23-26-12-14(21(25)33)22(28-23)27-15-5-3-4-6-18(15)31/h12-13,15,18,31H,3-11H2,1-2H3,(H2,25,33)(H,26,27,28). The third kappa shape index (κ3) is 4.38. The van der Waals surface area contributed by atoms with E-state index in [1.54, 1.807) is 4.68 Å². The molecule has 0 aromatic carbocycles. The molecule has 176 valence electrons. The first kappa shape index (κ1) is 22.0. The number of Topliss-reactive ketones (excluding diaryl/α,β-unsaturated/α-hetero) is 1. The quantitative estimate of drug-likeness (QED) is 0.613. The molecular weight excluding hydrogens is 420 g/mol. The molecule has 2 atom stereocenters. The molecule has 5 rings (SSSR count). The van der Waals surface area contributed by atoms with Gasteiger partial charge in [-0.1, -0.05) is 26.7 Å². The molecule has 4 N–H and O–H groups in total. The van der Waals surface area contributed by atoms with Crippen LogP contribution in [-0.4, -0.2) is 48.7 Å². The minimum atomic E-state index is -0.637. The van der Waals surface area contributed by atoms with Crippen LogP contribution in [0.1, 0.15) is 90.9 Å². The Bertz CT molecular complexity index is 1100. The Labute approximate surface area is 193 Å². The molecule has 0 radical (unpaired) electrons. The smallest absolute Gasteiger partial charge is 0.254 e. The van der Waals surface area contributed by atoms with Crippen LogP contribution in [-0.2, 0) is 12.8 Å². The van der Waals surface area contributed by atoms with E-state index in [0.717, 1.165) is 42.6 Å². The van der Waals surface area contributed by atoms with Crippen molar-refractivity contribution in [2.75, 3.05) is 5.32 Å². The fraction of sp³-hybridized carbons (Fsp3) is 0.625. The van der Waals surface area contributed by atoms with Gasteiger partial charge in [-0.25, -0.2) is 9.67 Å². The zero-order valence-electron chi connectivity index (χ0n) is 19.3. The Kier molecular flexibility index (Phi) is 5.47. The molecule has 0 aliphatic heterocycles. The summed E-state index contributed by atoms with van der Waals surface area (Å²) in [5, 5.41) is 18.5. The number of aromatic nitrogens is 4. The molecule has 3 aliphatic carbocycles. The summed E-state index contributed by atoms with van der Waals surface area (Å²) in [6, 6.07) is -0.211. The number of carbonyl (C=O) groups is 2. The summed E-state index contributed by atoms with van der Waals surface area (Å²) in [4.78, 5) is 34.2. The maximum absolute atomic E-state index is 13.1. The predicted octanol–water partition coefficient (Wildman–Crippen LogP) is 2.58. The number of anilines is 1. The Morgan fingerprint density at radius 1 is 1.24 bits per heavy atom.